The molecule has 1 atom stereocenters. The standard InChI is InChI=1S/C12H25N3O4S/c1-12(2,3)19-11(16)15-7-5-14(6-8-15)10(13)9-20(4,17)18/h10H,5-9,13H2,1-4H3. The van der Waals surface area contributed by atoms with Gasteiger partial charge >= 0.3 is 6.09 Å². The molecule has 0 saturated carbocycles. The Morgan fingerprint density at radius 1 is 1.25 bits per heavy atom. The molecule has 0 bridgehead atoms. The number of sulfone groups is 1. The summed E-state index contributed by atoms with van der Waals surface area (Å²) in [4.78, 5) is 15.4. The molecular weight excluding hydrogens is 282 g/mol. The number of piperazine rings is 1. The molecule has 1 amide bonds. The summed E-state index contributed by atoms with van der Waals surface area (Å²) in [7, 11) is -3.10. The van der Waals surface area contributed by atoms with Gasteiger partial charge in [-0.2, -0.15) is 0 Å². The molecule has 1 fully saturated rings. The highest BCUT2D eigenvalue weighted by Crippen LogP contribution is 2.12. The van der Waals surface area contributed by atoms with Gasteiger partial charge in [-0.25, -0.2) is 13.2 Å². The third-order valence-corrected chi connectivity index (χ3v) is 3.86. The number of rotatable bonds is 3. The van der Waals surface area contributed by atoms with Crippen LogP contribution in [0, 0.1) is 0 Å². The quantitative estimate of drug-likeness (QED) is 0.780. The van der Waals surface area contributed by atoms with Crippen molar-refractivity contribution in [1.82, 2.24) is 9.80 Å². The molecule has 0 spiro atoms. The predicted octanol–water partition coefficient (Wildman–Crippen LogP) is -0.131. The van der Waals surface area contributed by atoms with E-state index < -0.39 is 21.6 Å². The Balaban J connectivity index is 2.46. The largest absolute Gasteiger partial charge is 0.444 e. The minimum absolute atomic E-state index is 0.0700. The second kappa shape index (κ2) is 6.28. The molecule has 0 aliphatic carbocycles. The molecule has 1 aliphatic rings. The zero-order valence-corrected chi connectivity index (χ0v) is 13.4. The van der Waals surface area contributed by atoms with E-state index in [1.165, 1.54) is 6.26 Å². The van der Waals surface area contributed by atoms with Crippen molar-refractivity contribution < 1.29 is 17.9 Å². The van der Waals surface area contributed by atoms with Gasteiger partial charge in [0.1, 0.15) is 15.4 Å². The lowest BCUT2D eigenvalue weighted by molar-refractivity contribution is 0.0115. The summed E-state index contributed by atoms with van der Waals surface area (Å²) >= 11 is 0. The van der Waals surface area contributed by atoms with Gasteiger partial charge in [-0.15, -0.1) is 0 Å². The van der Waals surface area contributed by atoms with Crippen LogP contribution in [0.4, 0.5) is 4.79 Å². The van der Waals surface area contributed by atoms with E-state index in [1.54, 1.807) is 4.90 Å². The topological polar surface area (TPSA) is 92.9 Å². The Morgan fingerprint density at radius 3 is 2.15 bits per heavy atom. The summed E-state index contributed by atoms with van der Waals surface area (Å²) < 4.78 is 27.7. The average molecular weight is 307 g/mol. The molecule has 0 aromatic heterocycles. The summed E-state index contributed by atoms with van der Waals surface area (Å²) in [5.41, 5.74) is 5.36. The van der Waals surface area contributed by atoms with Crippen LogP contribution in [0.2, 0.25) is 0 Å². The summed E-state index contributed by atoms with van der Waals surface area (Å²) in [6.07, 6.45) is 0.309. The zero-order chi connectivity index (χ0) is 15.6. The lowest BCUT2D eigenvalue weighted by Crippen LogP contribution is -2.56. The van der Waals surface area contributed by atoms with Crippen LogP contribution in [-0.4, -0.2) is 74.3 Å². The lowest BCUT2D eigenvalue weighted by Gasteiger charge is -2.38. The summed E-state index contributed by atoms with van der Waals surface area (Å²) in [6.45, 7) is 7.56. The van der Waals surface area contributed by atoms with E-state index in [2.05, 4.69) is 0 Å². The van der Waals surface area contributed by atoms with Crippen molar-refractivity contribution in [3.63, 3.8) is 0 Å². The minimum Gasteiger partial charge on any atom is -0.444 e. The fourth-order valence-electron chi connectivity index (χ4n) is 1.98. The van der Waals surface area contributed by atoms with Gasteiger partial charge in [0.15, 0.2) is 0 Å². The van der Waals surface area contributed by atoms with E-state index in [1.807, 2.05) is 25.7 Å². The molecule has 1 saturated heterocycles. The molecule has 0 radical (unpaired) electrons. The second-order valence-corrected chi connectivity index (χ2v) is 8.35. The number of carbonyl (C=O) groups excluding carboxylic acids is 1. The van der Waals surface area contributed by atoms with E-state index in [4.69, 9.17) is 10.5 Å². The van der Waals surface area contributed by atoms with Gasteiger partial charge < -0.3 is 15.4 Å². The van der Waals surface area contributed by atoms with Crippen molar-refractivity contribution in [2.75, 3.05) is 38.2 Å². The fourth-order valence-corrected chi connectivity index (χ4v) is 2.81. The third-order valence-electron chi connectivity index (χ3n) is 2.91. The van der Waals surface area contributed by atoms with E-state index in [9.17, 15) is 13.2 Å². The molecule has 118 valence electrons. The van der Waals surface area contributed by atoms with Crippen LogP contribution in [0.25, 0.3) is 0 Å². The first kappa shape index (κ1) is 17.2. The molecule has 2 N–H and O–H groups in total. The van der Waals surface area contributed by atoms with Crippen molar-refractivity contribution in [2.45, 2.75) is 32.5 Å². The summed E-state index contributed by atoms with van der Waals surface area (Å²) in [6, 6.07) is 0. The molecule has 1 heterocycles. The first-order chi connectivity index (χ1) is 8.98. The van der Waals surface area contributed by atoms with E-state index in [0.29, 0.717) is 26.2 Å². The molecule has 1 rings (SSSR count). The molecule has 1 unspecified atom stereocenters. The van der Waals surface area contributed by atoms with Crippen LogP contribution in [0.1, 0.15) is 20.8 Å². The Labute approximate surface area is 121 Å². The van der Waals surface area contributed by atoms with Crippen LogP contribution in [0.15, 0.2) is 0 Å². The first-order valence-electron chi connectivity index (χ1n) is 6.63. The lowest BCUT2D eigenvalue weighted by atomic mass is 10.2. The van der Waals surface area contributed by atoms with Gasteiger partial charge in [0.2, 0.25) is 0 Å². The van der Waals surface area contributed by atoms with Gasteiger partial charge in [0.05, 0.1) is 11.9 Å². The monoisotopic (exact) mass is 307 g/mol. The Morgan fingerprint density at radius 2 is 1.75 bits per heavy atom. The maximum atomic E-state index is 11.9. The number of hydrogen-bond donors (Lipinski definition) is 1. The number of hydrogen-bond acceptors (Lipinski definition) is 6. The third kappa shape index (κ3) is 6.06. The summed E-state index contributed by atoms with van der Waals surface area (Å²) in [5, 5.41) is 0. The van der Waals surface area contributed by atoms with E-state index >= 15 is 0 Å². The van der Waals surface area contributed by atoms with Crippen molar-refractivity contribution in [3.05, 3.63) is 0 Å². The SMILES string of the molecule is CC(C)(C)OC(=O)N1CCN(C(N)CS(C)(=O)=O)CC1. The zero-order valence-electron chi connectivity index (χ0n) is 12.6. The maximum Gasteiger partial charge on any atom is 0.410 e. The number of amides is 1. The molecule has 7 nitrogen and oxygen atoms in total. The molecule has 0 aromatic carbocycles. The summed E-state index contributed by atoms with van der Waals surface area (Å²) in [5.74, 6) is -0.0700. The minimum atomic E-state index is -3.10. The Bertz CT molecular complexity index is 436. The van der Waals surface area contributed by atoms with Crippen molar-refractivity contribution in [3.8, 4) is 0 Å². The van der Waals surface area contributed by atoms with Crippen molar-refractivity contribution in [1.29, 1.82) is 0 Å². The van der Waals surface area contributed by atoms with E-state index in [-0.39, 0.29) is 11.8 Å². The fraction of sp³-hybridized carbons (Fsp3) is 0.917. The van der Waals surface area contributed by atoms with Crippen LogP contribution in [0.5, 0.6) is 0 Å². The van der Waals surface area contributed by atoms with Crippen molar-refractivity contribution in [2.24, 2.45) is 5.73 Å². The first-order valence-corrected chi connectivity index (χ1v) is 8.69. The normalized spacial score (nSPS) is 19.8. The highest BCUT2D eigenvalue weighted by atomic mass is 32.2. The number of nitrogens with two attached hydrogens (primary N) is 1. The second-order valence-electron chi connectivity index (χ2n) is 6.16. The average Bonchev–Trinajstić information content (AvgIpc) is 2.24. The molecule has 20 heavy (non-hydrogen) atoms. The van der Waals surface area contributed by atoms with Gasteiger partial charge in [-0.3, -0.25) is 4.90 Å². The van der Waals surface area contributed by atoms with Crippen LogP contribution in [0.3, 0.4) is 0 Å². The molecule has 1 aliphatic heterocycles. The highest BCUT2D eigenvalue weighted by Gasteiger charge is 2.28. The smallest absolute Gasteiger partial charge is 0.410 e. The van der Waals surface area contributed by atoms with Crippen LogP contribution >= 0.6 is 0 Å². The van der Waals surface area contributed by atoms with Gasteiger partial charge in [-0.05, 0) is 20.8 Å². The predicted molar refractivity (Wildman–Crippen MR) is 77.1 cm³/mol. The Hall–Kier alpha value is -0.860. The number of carbonyl (C=O) groups is 1. The maximum absolute atomic E-state index is 11.9. The van der Waals surface area contributed by atoms with Gasteiger partial charge in [0.25, 0.3) is 0 Å². The molecule has 0 aromatic rings. The van der Waals surface area contributed by atoms with Gasteiger partial charge in [-0.1, -0.05) is 0 Å². The number of nitrogens with zero attached hydrogens (tertiary/aromatic N) is 2. The van der Waals surface area contributed by atoms with Crippen molar-refractivity contribution >= 4 is 15.9 Å². The molecular formula is C12H25N3O4S. The van der Waals surface area contributed by atoms with E-state index in [0.717, 1.165) is 0 Å². The number of ether oxygens (including phenoxy) is 1. The van der Waals surface area contributed by atoms with Crippen LogP contribution in [-0.2, 0) is 14.6 Å². The van der Waals surface area contributed by atoms with Crippen LogP contribution < -0.4 is 5.73 Å². The highest BCUT2D eigenvalue weighted by molar-refractivity contribution is 7.90. The van der Waals surface area contributed by atoms with Gasteiger partial charge in [0, 0.05) is 32.4 Å². The molecule has 8 heteroatoms. The Kier molecular flexibility index (Phi) is 5.39.